The maximum absolute atomic E-state index is 11.3. The van der Waals surface area contributed by atoms with Crippen LogP contribution in [0.3, 0.4) is 0 Å². The Bertz CT molecular complexity index is 489. The van der Waals surface area contributed by atoms with E-state index in [-0.39, 0.29) is 10.6 Å². The van der Waals surface area contributed by atoms with E-state index in [1.807, 2.05) is 18.7 Å². The summed E-state index contributed by atoms with van der Waals surface area (Å²) in [7, 11) is 1.70. The van der Waals surface area contributed by atoms with Gasteiger partial charge in [-0.05, 0) is 13.3 Å². The zero-order valence-electron chi connectivity index (χ0n) is 11.6. The summed E-state index contributed by atoms with van der Waals surface area (Å²) < 4.78 is 1.55. The van der Waals surface area contributed by atoms with Crippen molar-refractivity contribution in [2.45, 2.75) is 33.1 Å². The number of nitriles is 1. The van der Waals surface area contributed by atoms with Gasteiger partial charge in [-0.25, -0.2) is 4.68 Å². The molecule has 7 nitrogen and oxygen atoms in total. The molecule has 7 heteroatoms. The number of hydrogen-bond donors (Lipinski definition) is 0. The Morgan fingerprint density at radius 1 is 1.53 bits per heavy atom. The van der Waals surface area contributed by atoms with Crippen molar-refractivity contribution >= 4 is 11.5 Å². The third-order valence-electron chi connectivity index (χ3n) is 2.91. The van der Waals surface area contributed by atoms with Gasteiger partial charge in [-0.2, -0.15) is 10.4 Å². The van der Waals surface area contributed by atoms with Crippen molar-refractivity contribution < 1.29 is 4.92 Å². The second-order valence-electron chi connectivity index (χ2n) is 4.24. The standard InChI is InChI=1S/C12H19N5O2/c1-4-7-10-11(17(18)19)12(15(3)14-10)16(5-2)9-6-8-13/h4-7,9H2,1-3H3. The van der Waals surface area contributed by atoms with Crippen LogP contribution in [0.25, 0.3) is 0 Å². The van der Waals surface area contributed by atoms with Gasteiger partial charge in [-0.15, -0.1) is 0 Å². The van der Waals surface area contributed by atoms with Crippen LogP contribution in [0.15, 0.2) is 0 Å². The first-order chi connectivity index (χ1) is 9.06. The van der Waals surface area contributed by atoms with Crippen LogP contribution in [0.2, 0.25) is 0 Å². The van der Waals surface area contributed by atoms with Crippen molar-refractivity contribution in [2.75, 3.05) is 18.0 Å². The lowest BCUT2D eigenvalue weighted by atomic mass is 10.2. The van der Waals surface area contributed by atoms with E-state index in [1.165, 1.54) is 0 Å². The molecule has 0 radical (unpaired) electrons. The summed E-state index contributed by atoms with van der Waals surface area (Å²) in [6.45, 7) is 4.95. The Hall–Kier alpha value is -2.10. The van der Waals surface area contributed by atoms with E-state index in [0.717, 1.165) is 6.42 Å². The van der Waals surface area contributed by atoms with Crippen LogP contribution >= 0.6 is 0 Å². The van der Waals surface area contributed by atoms with Crippen molar-refractivity contribution in [3.8, 4) is 6.07 Å². The highest BCUT2D eigenvalue weighted by Crippen LogP contribution is 2.32. The lowest BCUT2D eigenvalue weighted by Crippen LogP contribution is -2.26. The lowest BCUT2D eigenvalue weighted by molar-refractivity contribution is -0.384. The van der Waals surface area contributed by atoms with E-state index in [9.17, 15) is 10.1 Å². The molecule has 1 heterocycles. The fraction of sp³-hybridized carbons (Fsp3) is 0.667. The lowest BCUT2D eigenvalue weighted by Gasteiger charge is -2.20. The normalized spacial score (nSPS) is 10.2. The average Bonchev–Trinajstić information content (AvgIpc) is 2.68. The molecule has 0 fully saturated rings. The first kappa shape index (κ1) is 15.0. The molecule has 0 unspecified atom stereocenters. The van der Waals surface area contributed by atoms with Gasteiger partial charge >= 0.3 is 5.69 Å². The molecule has 0 aromatic carbocycles. The topological polar surface area (TPSA) is 88.0 Å². The first-order valence-electron chi connectivity index (χ1n) is 6.38. The Labute approximate surface area is 112 Å². The number of aryl methyl sites for hydroxylation is 2. The maximum Gasteiger partial charge on any atom is 0.334 e. The molecule has 0 aliphatic rings. The van der Waals surface area contributed by atoms with Gasteiger partial charge in [0.05, 0.1) is 17.4 Å². The number of nitrogens with zero attached hydrogens (tertiary/aromatic N) is 5. The van der Waals surface area contributed by atoms with Crippen molar-refractivity contribution in [1.29, 1.82) is 5.26 Å². The molecule has 104 valence electrons. The predicted octanol–water partition coefficient (Wildman–Crippen LogP) is 2.02. The zero-order valence-corrected chi connectivity index (χ0v) is 11.6. The molecule has 0 aliphatic carbocycles. The van der Waals surface area contributed by atoms with E-state index >= 15 is 0 Å². The number of hydrogen-bond acceptors (Lipinski definition) is 5. The molecule has 0 spiro atoms. The van der Waals surface area contributed by atoms with Gasteiger partial charge in [0, 0.05) is 20.1 Å². The third kappa shape index (κ3) is 3.22. The van der Waals surface area contributed by atoms with Gasteiger partial charge in [0.2, 0.25) is 5.82 Å². The van der Waals surface area contributed by atoms with Crippen LogP contribution in [-0.4, -0.2) is 27.8 Å². The van der Waals surface area contributed by atoms with Gasteiger partial charge in [0.15, 0.2) is 0 Å². The molecule has 19 heavy (non-hydrogen) atoms. The molecule has 1 aromatic heterocycles. The Balaban J connectivity index is 3.23. The Morgan fingerprint density at radius 3 is 2.68 bits per heavy atom. The maximum atomic E-state index is 11.3. The largest absolute Gasteiger partial charge is 0.350 e. The molecular formula is C12H19N5O2. The van der Waals surface area contributed by atoms with Crippen molar-refractivity contribution in [2.24, 2.45) is 7.05 Å². The molecule has 0 atom stereocenters. The van der Waals surface area contributed by atoms with E-state index in [2.05, 4.69) is 11.2 Å². The van der Waals surface area contributed by atoms with Gasteiger partial charge in [0.25, 0.3) is 0 Å². The molecule has 1 aromatic rings. The highest BCUT2D eigenvalue weighted by Gasteiger charge is 2.29. The minimum atomic E-state index is -0.373. The summed E-state index contributed by atoms with van der Waals surface area (Å²) in [5.74, 6) is 0.492. The minimum absolute atomic E-state index is 0.0733. The number of nitro groups is 1. The summed E-state index contributed by atoms with van der Waals surface area (Å²) in [6.07, 6.45) is 1.72. The van der Waals surface area contributed by atoms with Crippen LogP contribution in [0, 0.1) is 21.4 Å². The van der Waals surface area contributed by atoms with Gasteiger partial charge < -0.3 is 4.90 Å². The molecule has 0 amide bonds. The summed E-state index contributed by atoms with van der Waals surface area (Å²) in [5, 5.41) is 24.2. The van der Waals surface area contributed by atoms with Crippen molar-refractivity contribution in [3.63, 3.8) is 0 Å². The smallest absolute Gasteiger partial charge is 0.334 e. The Morgan fingerprint density at radius 2 is 2.21 bits per heavy atom. The quantitative estimate of drug-likeness (QED) is 0.556. The molecule has 0 aliphatic heterocycles. The molecular weight excluding hydrogens is 246 g/mol. The van der Waals surface area contributed by atoms with E-state index < -0.39 is 0 Å². The molecule has 0 N–H and O–H groups in total. The molecule has 1 rings (SSSR count). The number of rotatable bonds is 7. The Kier molecular flexibility index (Phi) is 5.30. The van der Waals surface area contributed by atoms with Crippen molar-refractivity contribution in [3.05, 3.63) is 15.8 Å². The SMILES string of the molecule is CCCc1nn(C)c(N(CC)CCC#N)c1[N+](=O)[O-]. The van der Waals surface area contributed by atoms with Crippen LogP contribution in [0.4, 0.5) is 11.5 Å². The minimum Gasteiger partial charge on any atom is -0.350 e. The van der Waals surface area contributed by atoms with Crippen molar-refractivity contribution in [1.82, 2.24) is 9.78 Å². The summed E-state index contributed by atoms with van der Waals surface area (Å²) in [6, 6.07) is 2.06. The second-order valence-corrected chi connectivity index (χ2v) is 4.24. The van der Waals surface area contributed by atoms with E-state index in [4.69, 9.17) is 5.26 Å². The predicted molar refractivity (Wildman–Crippen MR) is 72.0 cm³/mol. The summed E-state index contributed by atoms with van der Waals surface area (Å²) in [4.78, 5) is 12.7. The fourth-order valence-electron chi connectivity index (χ4n) is 2.10. The summed E-state index contributed by atoms with van der Waals surface area (Å²) >= 11 is 0. The highest BCUT2D eigenvalue weighted by molar-refractivity contribution is 5.61. The van der Waals surface area contributed by atoms with E-state index in [1.54, 1.807) is 11.7 Å². The second kappa shape index (κ2) is 6.73. The van der Waals surface area contributed by atoms with Gasteiger partial charge in [-0.3, -0.25) is 10.1 Å². The van der Waals surface area contributed by atoms with Crippen LogP contribution in [0.1, 0.15) is 32.4 Å². The monoisotopic (exact) mass is 265 g/mol. The van der Waals surface area contributed by atoms with Crippen LogP contribution in [-0.2, 0) is 13.5 Å². The molecule has 0 saturated carbocycles. The van der Waals surface area contributed by atoms with Gasteiger partial charge in [-0.1, -0.05) is 13.3 Å². The van der Waals surface area contributed by atoms with Gasteiger partial charge in [0.1, 0.15) is 5.69 Å². The fourth-order valence-corrected chi connectivity index (χ4v) is 2.10. The number of anilines is 1. The van der Waals surface area contributed by atoms with Crippen LogP contribution in [0.5, 0.6) is 0 Å². The zero-order chi connectivity index (χ0) is 14.4. The summed E-state index contributed by atoms with van der Waals surface area (Å²) in [5.41, 5.74) is 0.588. The number of aromatic nitrogens is 2. The average molecular weight is 265 g/mol. The molecule has 0 saturated heterocycles. The molecule has 0 bridgehead atoms. The highest BCUT2D eigenvalue weighted by atomic mass is 16.6. The third-order valence-corrected chi connectivity index (χ3v) is 2.91. The van der Waals surface area contributed by atoms with Crippen LogP contribution < -0.4 is 4.90 Å². The first-order valence-corrected chi connectivity index (χ1v) is 6.38. The van der Waals surface area contributed by atoms with E-state index in [0.29, 0.717) is 37.4 Å².